The second kappa shape index (κ2) is 6.38. The number of likely N-dealkylation sites (N-methyl/N-ethyl adjacent to an activating group) is 1. The Hall–Kier alpha value is -3.57. The Labute approximate surface area is 152 Å². The summed E-state index contributed by atoms with van der Waals surface area (Å²) in [5.74, 6) is 2.03. The summed E-state index contributed by atoms with van der Waals surface area (Å²) in [5.41, 5.74) is 7.93. The molecular formula is C21H18N4O. The number of carbonyl (C=O) groups excluding carboxylic acids is 1. The Morgan fingerprint density at radius 1 is 1.23 bits per heavy atom. The Morgan fingerprint density at radius 2 is 1.92 bits per heavy atom. The molecule has 1 aliphatic heterocycles. The molecule has 0 aromatic heterocycles. The predicted molar refractivity (Wildman–Crippen MR) is 100 cm³/mol. The van der Waals surface area contributed by atoms with Crippen molar-refractivity contribution < 1.29 is 4.79 Å². The SMILES string of the molecule is C#Cc1cccc([C@@]2(C)N=C(N)N(C)C(=O)[C@@H]2c2ccc(C#N)cc2)c1. The molecule has 2 atom stereocenters. The van der Waals surface area contributed by atoms with E-state index in [0.717, 1.165) is 11.1 Å². The highest BCUT2D eigenvalue weighted by atomic mass is 16.2. The number of nitrogens with two attached hydrogens (primary N) is 1. The van der Waals surface area contributed by atoms with E-state index in [1.807, 2.05) is 31.2 Å². The first-order valence-corrected chi connectivity index (χ1v) is 8.11. The van der Waals surface area contributed by atoms with Crippen molar-refractivity contribution in [1.29, 1.82) is 5.26 Å². The summed E-state index contributed by atoms with van der Waals surface area (Å²) >= 11 is 0. The van der Waals surface area contributed by atoms with Crippen LogP contribution < -0.4 is 5.73 Å². The number of aliphatic imine (C=N–C) groups is 1. The van der Waals surface area contributed by atoms with Crippen LogP contribution in [0, 0.1) is 23.7 Å². The van der Waals surface area contributed by atoms with E-state index in [1.165, 1.54) is 4.90 Å². The minimum atomic E-state index is -0.908. The zero-order chi connectivity index (χ0) is 18.9. The lowest BCUT2D eigenvalue weighted by molar-refractivity contribution is -0.130. The highest BCUT2D eigenvalue weighted by Crippen LogP contribution is 2.44. The molecule has 128 valence electrons. The van der Waals surface area contributed by atoms with Crippen LogP contribution >= 0.6 is 0 Å². The summed E-state index contributed by atoms with van der Waals surface area (Å²) in [4.78, 5) is 19.1. The van der Waals surface area contributed by atoms with Crippen LogP contribution in [-0.4, -0.2) is 23.8 Å². The van der Waals surface area contributed by atoms with Gasteiger partial charge in [0.25, 0.3) is 0 Å². The third kappa shape index (κ3) is 2.70. The zero-order valence-corrected chi connectivity index (χ0v) is 14.6. The second-order valence-corrected chi connectivity index (χ2v) is 6.41. The maximum atomic E-state index is 13.1. The zero-order valence-electron chi connectivity index (χ0n) is 14.6. The van der Waals surface area contributed by atoms with Crippen LogP contribution in [0.3, 0.4) is 0 Å². The van der Waals surface area contributed by atoms with Crippen molar-refractivity contribution in [3.05, 3.63) is 70.8 Å². The van der Waals surface area contributed by atoms with Gasteiger partial charge in [0.2, 0.25) is 5.91 Å². The fourth-order valence-corrected chi connectivity index (χ4v) is 3.30. The van der Waals surface area contributed by atoms with E-state index >= 15 is 0 Å². The van der Waals surface area contributed by atoms with Gasteiger partial charge in [-0.25, -0.2) is 4.99 Å². The third-order valence-corrected chi connectivity index (χ3v) is 4.82. The van der Waals surface area contributed by atoms with Crippen LogP contribution in [0.4, 0.5) is 0 Å². The summed E-state index contributed by atoms with van der Waals surface area (Å²) in [6.07, 6.45) is 5.53. The van der Waals surface area contributed by atoms with Gasteiger partial charge in [-0.05, 0) is 42.3 Å². The van der Waals surface area contributed by atoms with E-state index < -0.39 is 11.5 Å². The van der Waals surface area contributed by atoms with Crippen molar-refractivity contribution in [3.63, 3.8) is 0 Å². The van der Waals surface area contributed by atoms with Gasteiger partial charge >= 0.3 is 0 Å². The number of nitrogens with zero attached hydrogens (tertiary/aromatic N) is 3. The lowest BCUT2D eigenvalue weighted by Crippen LogP contribution is -2.52. The molecule has 0 spiro atoms. The Morgan fingerprint density at radius 3 is 2.54 bits per heavy atom. The molecule has 5 heteroatoms. The van der Waals surface area contributed by atoms with Gasteiger partial charge in [-0.15, -0.1) is 6.42 Å². The smallest absolute Gasteiger partial charge is 0.239 e. The summed E-state index contributed by atoms with van der Waals surface area (Å²) in [5, 5.41) is 9.02. The Kier molecular flexibility index (Phi) is 4.24. The van der Waals surface area contributed by atoms with E-state index in [0.29, 0.717) is 11.1 Å². The fourth-order valence-electron chi connectivity index (χ4n) is 3.30. The number of benzene rings is 2. The maximum absolute atomic E-state index is 13.1. The lowest BCUT2D eigenvalue weighted by Gasteiger charge is -2.41. The van der Waals surface area contributed by atoms with Crippen molar-refractivity contribution in [3.8, 4) is 18.4 Å². The first-order valence-electron chi connectivity index (χ1n) is 8.11. The number of amides is 1. The predicted octanol–water partition coefficient (Wildman–Crippen LogP) is 2.33. The Balaban J connectivity index is 2.22. The van der Waals surface area contributed by atoms with Crippen LogP contribution in [-0.2, 0) is 10.3 Å². The van der Waals surface area contributed by atoms with Crippen LogP contribution in [0.5, 0.6) is 0 Å². The van der Waals surface area contributed by atoms with E-state index in [2.05, 4.69) is 17.0 Å². The number of carbonyl (C=O) groups is 1. The molecule has 0 unspecified atom stereocenters. The Bertz CT molecular complexity index is 978. The average molecular weight is 342 g/mol. The molecule has 1 aliphatic rings. The number of rotatable bonds is 2. The van der Waals surface area contributed by atoms with Gasteiger partial charge in [-0.3, -0.25) is 9.69 Å². The van der Waals surface area contributed by atoms with Crippen molar-refractivity contribution in [2.24, 2.45) is 10.7 Å². The summed E-state index contributed by atoms with van der Waals surface area (Å²) in [7, 11) is 1.61. The quantitative estimate of drug-likeness (QED) is 0.850. The number of hydrogen-bond acceptors (Lipinski definition) is 4. The largest absolute Gasteiger partial charge is 0.369 e. The van der Waals surface area contributed by atoms with E-state index in [4.69, 9.17) is 17.4 Å². The summed E-state index contributed by atoms with van der Waals surface area (Å²) in [6.45, 7) is 1.88. The van der Waals surface area contributed by atoms with E-state index in [9.17, 15) is 4.79 Å². The highest BCUT2D eigenvalue weighted by Gasteiger charge is 2.47. The molecule has 1 amide bonds. The molecule has 0 aliphatic carbocycles. The highest BCUT2D eigenvalue weighted by molar-refractivity contribution is 6.02. The van der Waals surface area contributed by atoms with Crippen LogP contribution in [0.1, 0.15) is 35.1 Å². The minimum absolute atomic E-state index is 0.157. The molecule has 2 aromatic rings. The number of hydrogen-bond donors (Lipinski definition) is 1. The molecule has 0 bridgehead atoms. The van der Waals surface area contributed by atoms with Gasteiger partial charge in [0, 0.05) is 12.6 Å². The molecule has 0 radical (unpaired) electrons. The summed E-state index contributed by atoms with van der Waals surface area (Å²) < 4.78 is 0. The van der Waals surface area contributed by atoms with Gasteiger partial charge in [0.1, 0.15) is 5.54 Å². The number of terminal acetylenes is 1. The van der Waals surface area contributed by atoms with Crippen LogP contribution in [0.15, 0.2) is 53.5 Å². The van der Waals surface area contributed by atoms with Crippen LogP contribution in [0.25, 0.3) is 0 Å². The first kappa shape index (κ1) is 17.3. The van der Waals surface area contributed by atoms with E-state index in [1.54, 1.807) is 31.3 Å². The molecule has 3 rings (SSSR count). The molecule has 0 saturated carbocycles. The first-order chi connectivity index (χ1) is 12.4. The van der Waals surface area contributed by atoms with Crippen molar-refractivity contribution >= 4 is 11.9 Å². The maximum Gasteiger partial charge on any atom is 0.239 e. The topological polar surface area (TPSA) is 82.5 Å². The molecule has 2 aromatic carbocycles. The molecule has 26 heavy (non-hydrogen) atoms. The monoisotopic (exact) mass is 342 g/mol. The average Bonchev–Trinajstić information content (AvgIpc) is 2.67. The lowest BCUT2D eigenvalue weighted by atomic mass is 9.74. The molecule has 1 heterocycles. The third-order valence-electron chi connectivity index (χ3n) is 4.82. The molecule has 0 fully saturated rings. The summed E-state index contributed by atoms with van der Waals surface area (Å²) in [6, 6.07) is 16.5. The second-order valence-electron chi connectivity index (χ2n) is 6.41. The molecule has 5 nitrogen and oxygen atoms in total. The van der Waals surface area contributed by atoms with Gasteiger partial charge < -0.3 is 5.73 Å². The van der Waals surface area contributed by atoms with Gasteiger partial charge in [0.05, 0.1) is 17.6 Å². The van der Waals surface area contributed by atoms with Gasteiger partial charge in [-0.1, -0.05) is 30.2 Å². The molecule has 2 N–H and O–H groups in total. The molecule has 0 saturated heterocycles. The van der Waals surface area contributed by atoms with Gasteiger partial charge in [0.15, 0.2) is 5.96 Å². The number of guanidine groups is 1. The van der Waals surface area contributed by atoms with Gasteiger partial charge in [-0.2, -0.15) is 5.26 Å². The standard InChI is InChI=1S/C21H18N4O/c1-4-14-6-5-7-17(12-14)21(2)18(19(26)25(3)20(23)24-21)16-10-8-15(13-22)9-11-16/h1,5-12,18H,2-3H3,(H2,23,24)/t18-,21+/m0/s1. The normalized spacial score (nSPS) is 22.3. The van der Waals surface area contributed by atoms with Crippen molar-refractivity contribution in [1.82, 2.24) is 4.90 Å². The van der Waals surface area contributed by atoms with E-state index in [-0.39, 0.29) is 11.9 Å². The van der Waals surface area contributed by atoms with Crippen LogP contribution in [0.2, 0.25) is 0 Å². The fraction of sp³-hybridized carbons (Fsp3) is 0.190. The van der Waals surface area contributed by atoms with Crippen molar-refractivity contribution in [2.75, 3.05) is 7.05 Å². The molecular weight excluding hydrogens is 324 g/mol. The minimum Gasteiger partial charge on any atom is -0.369 e. The number of nitriles is 1. The van der Waals surface area contributed by atoms with Crippen molar-refractivity contribution in [2.45, 2.75) is 18.4 Å².